The fourth-order valence-corrected chi connectivity index (χ4v) is 2.73. The minimum atomic E-state index is -0.408. The number of hydrogen-bond acceptors (Lipinski definition) is 5. The van der Waals surface area contributed by atoms with Crippen LogP contribution < -0.4 is 5.73 Å². The highest BCUT2D eigenvalue weighted by Crippen LogP contribution is 2.27. The Morgan fingerprint density at radius 3 is 2.86 bits per heavy atom. The molecule has 21 heavy (non-hydrogen) atoms. The van der Waals surface area contributed by atoms with Gasteiger partial charge >= 0.3 is 0 Å². The highest BCUT2D eigenvalue weighted by Gasteiger charge is 2.21. The van der Waals surface area contributed by atoms with E-state index in [1.165, 1.54) is 31.0 Å². The third-order valence-electron chi connectivity index (χ3n) is 3.59. The van der Waals surface area contributed by atoms with Crippen molar-refractivity contribution in [2.75, 3.05) is 19.6 Å². The summed E-state index contributed by atoms with van der Waals surface area (Å²) in [5, 5.41) is 4.14. The summed E-state index contributed by atoms with van der Waals surface area (Å²) in [5.41, 5.74) is 6.61. The Hall–Kier alpha value is -1.50. The number of benzene rings is 1. The van der Waals surface area contributed by atoms with Crippen molar-refractivity contribution in [2.45, 2.75) is 18.9 Å². The lowest BCUT2D eigenvalue weighted by molar-refractivity contribution is 0.306. The molecule has 5 nitrogen and oxygen atoms in total. The molecular formula is C14H16ClFN4O. The van der Waals surface area contributed by atoms with E-state index < -0.39 is 5.82 Å². The van der Waals surface area contributed by atoms with Crippen LogP contribution in [-0.4, -0.2) is 34.7 Å². The number of aromatic nitrogens is 2. The molecule has 2 N–H and O–H groups in total. The Morgan fingerprint density at radius 2 is 2.14 bits per heavy atom. The maximum atomic E-state index is 13.0. The average molecular weight is 311 g/mol. The predicted octanol–water partition coefficient (Wildman–Crippen LogP) is 2.62. The fraction of sp³-hybridized carbons (Fsp3) is 0.429. The van der Waals surface area contributed by atoms with Crippen molar-refractivity contribution in [3.05, 3.63) is 34.9 Å². The summed E-state index contributed by atoms with van der Waals surface area (Å²) >= 11 is 5.98. The monoisotopic (exact) mass is 310 g/mol. The van der Waals surface area contributed by atoms with Gasteiger partial charge in [-0.2, -0.15) is 4.98 Å². The van der Waals surface area contributed by atoms with Crippen LogP contribution in [0.25, 0.3) is 11.5 Å². The predicted molar refractivity (Wildman–Crippen MR) is 77.3 cm³/mol. The van der Waals surface area contributed by atoms with Gasteiger partial charge in [-0.1, -0.05) is 16.8 Å². The maximum absolute atomic E-state index is 13.0. The zero-order valence-corrected chi connectivity index (χ0v) is 12.2. The van der Waals surface area contributed by atoms with Crippen LogP contribution in [0.5, 0.6) is 0 Å². The molecule has 112 valence electrons. The first kappa shape index (κ1) is 14.4. The van der Waals surface area contributed by atoms with E-state index in [1.807, 2.05) is 0 Å². The molecule has 0 spiro atoms. The van der Waals surface area contributed by atoms with Crippen LogP contribution in [0, 0.1) is 5.82 Å². The molecule has 1 fully saturated rings. The number of hydrogen-bond donors (Lipinski definition) is 1. The molecule has 0 radical (unpaired) electrons. The molecule has 0 bridgehead atoms. The van der Waals surface area contributed by atoms with Crippen LogP contribution in [0.2, 0.25) is 5.02 Å². The fourth-order valence-electron chi connectivity index (χ4n) is 2.48. The van der Waals surface area contributed by atoms with Gasteiger partial charge in [0, 0.05) is 6.54 Å². The summed E-state index contributed by atoms with van der Waals surface area (Å²) in [7, 11) is 0. The van der Waals surface area contributed by atoms with Crippen molar-refractivity contribution >= 4 is 11.6 Å². The van der Waals surface area contributed by atoms with E-state index in [1.54, 1.807) is 0 Å². The number of nitrogens with zero attached hydrogens (tertiary/aromatic N) is 3. The van der Waals surface area contributed by atoms with Crippen molar-refractivity contribution < 1.29 is 8.91 Å². The van der Waals surface area contributed by atoms with E-state index in [0.717, 1.165) is 13.1 Å². The Labute approximate surface area is 126 Å². The van der Waals surface area contributed by atoms with Crippen molar-refractivity contribution in [3.8, 4) is 11.5 Å². The number of halogens is 2. The molecule has 2 aromatic rings. The van der Waals surface area contributed by atoms with Crippen molar-refractivity contribution in [1.29, 1.82) is 0 Å². The molecule has 1 aromatic heterocycles. The summed E-state index contributed by atoms with van der Waals surface area (Å²) in [6, 6.07) is 3.72. The van der Waals surface area contributed by atoms with Gasteiger partial charge in [-0.05, 0) is 44.1 Å². The summed E-state index contributed by atoms with van der Waals surface area (Å²) in [4.78, 5) is 6.56. The van der Waals surface area contributed by atoms with E-state index in [0.29, 0.717) is 17.9 Å². The van der Waals surface area contributed by atoms with E-state index in [2.05, 4.69) is 15.0 Å². The van der Waals surface area contributed by atoms with Gasteiger partial charge in [-0.25, -0.2) is 4.39 Å². The van der Waals surface area contributed by atoms with Crippen molar-refractivity contribution in [2.24, 2.45) is 5.73 Å². The van der Waals surface area contributed by atoms with Crippen molar-refractivity contribution in [1.82, 2.24) is 15.0 Å². The van der Waals surface area contributed by atoms with E-state index in [4.69, 9.17) is 21.9 Å². The normalized spacial score (nSPS) is 17.3. The highest BCUT2D eigenvalue weighted by atomic mass is 35.5. The molecule has 0 saturated carbocycles. The van der Waals surface area contributed by atoms with Crippen LogP contribution in [0.15, 0.2) is 22.7 Å². The number of likely N-dealkylation sites (tertiary alicyclic amines) is 1. The van der Waals surface area contributed by atoms with E-state index >= 15 is 0 Å². The lowest BCUT2D eigenvalue weighted by Crippen LogP contribution is -2.30. The number of nitrogens with two attached hydrogens (primary N) is 1. The first-order valence-electron chi connectivity index (χ1n) is 6.90. The maximum Gasteiger partial charge on any atom is 0.259 e. The van der Waals surface area contributed by atoms with Crippen LogP contribution in [0.4, 0.5) is 4.39 Å². The molecule has 1 unspecified atom stereocenters. The Balaban J connectivity index is 1.76. The molecule has 1 atom stereocenters. The van der Waals surface area contributed by atoms with E-state index in [9.17, 15) is 4.39 Å². The lowest BCUT2D eigenvalue weighted by atomic mass is 10.2. The van der Waals surface area contributed by atoms with Gasteiger partial charge in [0.1, 0.15) is 5.82 Å². The van der Waals surface area contributed by atoms with Gasteiger partial charge in [0.2, 0.25) is 0 Å². The minimum absolute atomic E-state index is 0.235. The first-order chi connectivity index (χ1) is 10.1. The van der Waals surface area contributed by atoms with Crippen LogP contribution in [0.1, 0.15) is 24.7 Å². The highest BCUT2D eigenvalue weighted by molar-refractivity contribution is 6.33. The quantitative estimate of drug-likeness (QED) is 0.940. The van der Waals surface area contributed by atoms with Gasteiger partial charge < -0.3 is 15.2 Å². The van der Waals surface area contributed by atoms with Crippen LogP contribution in [0.3, 0.4) is 0 Å². The molecule has 7 heteroatoms. The zero-order valence-electron chi connectivity index (χ0n) is 11.4. The Bertz CT molecular complexity index is 627. The SMILES string of the molecule is NC(CN1CCCC1)c1noc(-c2ccc(F)cc2Cl)n1. The molecule has 0 amide bonds. The van der Waals surface area contributed by atoms with Gasteiger partial charge in [0.15, 0.2) is 5.82 Å². The van der Waals surface area contributed by atoms with E-state index in [-0.39, 0.29) is 17.0 Å². The van der Waals surface area contributed by atoms with Gasteiger partial charge in [-0.15, -0.1) is 0 Å². The molecule has 0 aliphatic carbocycles. The molecule has 1 saturated heterocycles. The number of rotatable bonds is 4. The van der Waals surface area contributed by atoms with Crippen LogP contribution in [-0.2, 0) is 0 Å². The second-order valence-corrected chi connectivity index (χ2v) is 5.60. The van der Waals surface area contributed by atoms with Gasteiger partial charge in [-0.3, -0.25) is 0 Å². The van der Waals surface area contributed by atoms with Crippen LogP contribution >= 0.6 is 11.6 Å². The van der Waals surface area contributed by atoms with Crippen molar-refractivity contribution in [3.63, 3.8) is 0 Å². The Morgan fingerprint density at radius 1 is 1.38 bits per heavy atom. The first-order valence-corrected chi connectivity index (χ1v) is 7.28. The van der Waals surface area contributed by atoms with Gasteiger partial charge in [0.05, 0.1) is 16.6 Å². The molecule has 1 aliphatic rings. The summed E-state index contributed by atoms with van der Waals surface area (Å²) in [6.07, 6.45) is 2.41. The summed E-state index contributed by atoms with van der Waals surface area (Å²) in [5.74, 6) is 0.290. The summed E-state index contributed by atoms with van der Waals surface area (Å²) in [6.45, 7) is 2.82. The molecular weight excluding hydrogens is 295 g/mol. The molecule has 2 heterocycles. The third kappa shape index (κ3) is 3.23. The smallest absolute Gasteiger partial charge is 0.259 e. The summed E-state index contributed by atoms with van der Waals surface area (Å²) < 4.78 is 18.2. The largest absolute Gasteiger partial charge is 0.334 e. The lowest BCUT2D eigenvalue weighted by Gasteiger charge is -2.17. The topological polar surface area (TPSA) is 68.2 Å². The molecule has 1 aromatic carbocycles. The van der Waals surface area contributed by atoms with Gasteiger partial charge in [0.25, 0.3) is 5.89 Å². The standard InChI is InChI=1S/C14H16ClFN4O/c15-11-7-9(16)3-4-10(11)14-18-13(19-21-14)12(17)8-20-5-1-2-6-20/h3-4,7,12H,1-2,5-6,8,17H2. The zero-order chi connectivity index (χ0) is 14.8. The average Bonchev–Trinajstić information content (AvgIpc) is 3.09. The third-order valence-corrected chi connectivity index (χ3v) is 3.90. The minimum Gasteiger partial charge on any atom is -0.334 e. The molecule has 1 aliphatic heterocycles. The molecule has 3 rings (SSSR count). The Kier molecular flexibility index (Phi) is 4.19. The second kappa shape index (κ2) is 6.09. The second-order valence-electron chi connectivity index (χ2n) is 5.20.